The van der Waals surface area contributed by atoms with Gasteiger partial charge in [-0.3, -0.25) is 24.6 Å². The van der Waals surface area contributed by atoms with Gasteiger partial charge >= 0.3 is 11.8 Å². The maximum absolute atomic E-state index is 12.9. The highest BCUT2D eigenvalue weighted by Crippen LogP contribution is 2.33. The Bertz CT molecular complexity index is 2610. The Balaban J connectivity index is 0.784. The molecular weight excluding hydrogens is 783 g/mol. The van der Waals surface area contributed by atoms with Crippen molar-refractivity contribution in [3.05, 3.63) is 102 Å². The van der Waals surface area contributed by atoms with E-state index in [1.807, 2.05) is 65.1 Å². The maximum atomic E-state index is 12.9. The minimum absolute atomic E-state index is 0.0502. The number of carbonyl (C=O) groups is 3. The number of piperazine rings is 1. The van der Waals surface area contributed by atoms with E-state index in [0.717, 1.165) is 108 Å². The van der Waals surface area contributed by atoms with Crippen molar-refractivity contribution in [2.75, 3.05) is 55.6 Å². The van der Waals surface area contributed by atoms with Crippen LogP contribution in [0, 0.1) is 12.8 Å². The first-order valence-electron chi connectivity index (χ1n) is 21.6. The van der Waals surface area contributed by atoms with Gasteiger partial charge in [-0.15, -0.1) is 0 Å². The van der Waals surface area contributed by atoms with Crippen LogP contribution in [0.5, 0.6) is 0 Å². The van der Waals surface area contributed by atoms with Crippen molar-refractivity contribution in [3.63, 3.8) is 0 Å². The van der Waals surface area contributed by atoms with Crippen LogP contribution in [0.25, 0.3) is 33.5 Å². The molecule has 6 aromatic rings. The van der Waals surface area contributed by atoms with Crippen LogP contribution in [-0.2, 0) is 15.0 Å². The average Bonchev–Trinajstić information content (AvgIpc) is 4.05. The van der Waals surface area contributed by atoms with Crippen molar-refractivity contribution in [2.45, 2.75) is 71.3 Å². The summed E-state index contributed by atoms with van der Waals surface area (Å²) < 4.78 is 5.25. The molecule has 320 valence electrons. The molecule has 15 nitrogen and oxygen atoms in total. The molecule has 4 aromatic heterocycles. The van der Waals surface area contributed by atoms with E-state index in [1.165, 1.54) is 5.69 Å². The van der Waals surface area contributed by atoms with E-state index in [-0.39, 0.29) is 35.1 Å². The van der Waals surface area contributed by atoms with Crippen molar-refractivity contribution >= 4 is 40.3 Å². The van der Waals surface area contributed by atoms with Crippen LogP contribution in [-0.4, -0.2) is 98.5 Å². The zero-order valence-corrected chi connectivity index (χ0v) is 35.9. The molecule has 9 rings (SSSR count). The second-order valence-corrected chi connectivity index (χ2v) is 18.0. The first-order chi connectivity index (χ1) is 29.9. The first-order valence-corrected chi connectivity index (χ1v) is 21.6. The van der Waals surface area contributed by atoms with E-state index in [9.17, 15) is 14.4 Å². The number of pyridine rings is 1. The summed E-state index contributed by atoms with van der Waals surface area (Å²) in [6, 6.07) is 20.5. The van der Waals surface area contributed by atoms with E-state index in [0.29, 0.717) is 24.6 Å². The number of imide groups is 1. The molecule has 3 saturated heterocycles. The maximum Gasteiger partial charge on any atom is 0.315 e. The van der Waals surface area contributed by atoms with Gasteiger partial charge < -0.3 is 24.6 Å². The summed E-state index contributed by atoms with van der Waals surface area (Å²) in [6.45, 7) is 16.8. The molecule has 0 aliphatic carbocycles. The second-order valence-electron chi connectivity index (χ2n) is 18.0. The van der Waals surface area contributed by atoms with Crippen molar-refractivity contribution in [2.24, 2.45) is 5.92 Å². The lowest BCUT2D eigenvalue weighted by Crippen LogP contribution is -2.48. The Morgan fingerprint density at radius 1 is 0.919 bits per heavy atom. The molecule has 0 saturated carbocycles. The van der Waals surface area contributed by atoms with Gasteiger partial charge in [-0.25, -0.2) is 15.0 Å². The highest BCUT2D eigenvalue weighted by molar-refractivity contribution is 6.01. The number of H-pyrrole nitrogens is 1. The number of anilines is 2. The number of fused-ring (bicyclic) bond motifs is 1. The molecule has 3 aliphatic heterocycles. The smallest absolute Gasteiger partial charge is 0.315 e. The quantitative estimate of drug-likeness (QED) is 0.131. The Morgan fingerprint density at radius 3 is 2.42 bits per heavy atom. The van der Waals surface area contributed by atoms with Gasteiger partial charge in [0, 0.05) is 91.7 Å². The number of carbonyl (C=O) groups excluding carboxylic acids is 3. The zero-order valence-electron chi connectivity index (χ0n) is 35.9. The third-order valence-corrected chi connectivity index (χ3v) is 12.5. The SMILES string of the molecule is Cc1cc(-c2ncnc3[nH]c(-c4ccc(N5CCN(CC6CCN(c7ccc(C8CCC(=O)NC8=O)cc7)C6)CC5)nc4)cc23)ccc1[C@@H](C)NC(=O)c1nc(C(C)(C)C)no1. The number of nitrogens with one attached hydrogen (secondary N) is 3. The van der Waals surface area contributed by atoms with E-state index < -0.39 is 5.91 Å². The number of nitrogens with zero attached hydrogens (tertiary/aromatic N) is 8. The van der Waals surface area contributed by atoms with E-state index in [2.05, 4.69) is 86.8 Å². The predicted molar refractivity (Wildman–Crippen MR) is 237 cm³/mol. The van der Waals surface area contributed by atoms with Crippen LogP contribution in [0.3, 0.4) is 0 Å². The van der Waals surface area contributed by atoms with Crippen LogP contribution >= 0.6 is 0 Å². The third-order valence-electron chi connectivity index (χ3n) is 12.5. The highest BCUT2D eigenvalue weighted by atomic mass is 16.5. The number of aromatic nitrogens is 6. The minimum Gasteiger partial charge on any atom is -0.371 e. The highest BCUT2D eigenvalue weighted by Gasteiger charge is 2.30. The molecule has 3 N–H and O–H groups in total. The molecule has 0 radical (unpaired) electrons. The van der Waals surface area contributed by atoms with Gasteiger partial charge in [0.2, 0.25) is 11.8 Å². The number of hydrogen-bond donors (Lipinski definition) is 3. The minimum atomic E-state index is -0.411. The fraction of sp³-hybridized carbons (Fsp3) is 0.404. The summed E-state index contributed by atoms with van der Waals surface area (Å²) in [5.74, 6) is 0.983. The predicted octanol–water partition coefficient (Wildman–Crippen LogP) is 6.34. The molecule has 3 aliphatic rings. The molecule has 7 heterocycles. The monoisotopic (exact) mass is 835 g/mol. The lowest BCUT2D eigenvalue weighted by molar-refractivity contribution is -0.134. The average molecular weight is 836 g/mol. The number of rotatable bonds is 10. The van der Waals surface area contributed by atoms with Crippen molar-refractivity contribution in [1.82, 2.24) is 45.6 Å². The Kier molecular flexibility index (Phi) is 11.1. The number of aromatic amines is 1. The summed E-state index contributed by atoms with van der Waals surface area (Å²) in [5, 5.41) is 10.4. The summed E-state index contributed by atoms with van der Waals surface area (Å²) in [5.41, 5.74) is 8.23. The normalized spacial score (nSPS) is 19.2. The Hall–Kier alpha value is -6.48. The lowest BCUT2D eigenvalue weighted by Gasteiger charge is -2.36. The number of aryl methyl sites for hydroxylation is 1. The van der Waals surface area contributed by atoms with Crippen molar-refractivity contribution < 1.29 is 18.9 Å². The molecule has 3 fully saturated rings. The summed E-state index contributed by atoms with van der Waals surface area (Å²) in [4.78, 5) is 66.1. The number of amides is 3. The van der Waals surface area contributed by atoms with Crippen LogP contribution in [0.1, 0.15) is 92.1 Å². The zero-order chi connectivity index (χ0) is 43.1. The Morgan fingerprint density at radius 2 is 1.71 bits per heavy atom. The summed E-state index contributed by atoms with van der Waals surface area (Å²) >= 11 is 0. The largest absolute Gasteiger partial charge is 0.371 e. The second kappa shape index (κ2) is 16.8. The van der Waals surface area contributed by atoms with Gasteiger partial charge in [0.1, 0.15) is 17.8 Å². The van der Waals surface area contributed by atoms with Crippen LogP contribution in [0.2, 0.25) is 0 Å². The van der Waals surface area contributed by atoms with Gasteiger partial charge in [0.25, 0.3) is 0 Å². The van der Waals surface area contributed by atoms with Gasteiger partial charge in [-0.1, -0.05) is 50.2 Å². The van der Waals surface area contributed by atoms with Crippen LogP contribution < -0.4 is 20.4 Å². The summed E-state index contributed by atoms with van der Waals surface area (Å²) in [6.07, 6.45) is 5.63. The molecule has 0 bridgehead atoms. The number of benzene rings is 2. The molecule has 2 aromatic carbocycles. The van der Waals surface area contributed by atoms with E-state index in [1.54, 1.807) is 6.33 Å². The molecular formula is C47H53N11O4. The Labute approximate surface area is 360 Å². The standard InChI is InChI=1S/C47H53N11O4/c1-28-22-32(8-12-35(28)29(2)51-44(61)45-54-46(55-62-45)47(3,4)5)41-37-23-38(52-42(37)50-27-49-41)33-9-14-39(48-24-33)57-20-18-56(19-21-57)25-30-16-17-58(26-30)34-10-6-31(7-11-34)36-13-15-40(59)53-43(36)60/h6-12,14,22-24,27,29-30,36H,13,15-21,25-26H2,1-5H3,(H,51,61)(H,49,50,52)(H,53,59,60)/t29-,30?,36?/m1/s1. The first kappa shape index (κ1) is 40.9. The third kappa shape index (κ3) is 8.53. The lowest BCUT2D eigenvalue weighted by atomic mass is 9.90. The number of hydrogen-bond acceptors (Lipinski definition) is 12. The fourth-order valence-corrected chi connectivity index (χ4v) is 8.99. The van der Waals surface area contributed by atoms with Crippen molar-refractivity contribution in [1.29, 1.82) is 0 Å². The van der Waals surface area contributed by atoms with Gasteiger partial charge in [0.15, 0.2) is 5.82 Å². The summed E-state index contributed by atoms with van der Waals surface area (Å²) in [7, 11) is 0. The van der Waals surface area contributed by atoms with Gasteiger partial charge in [-0.2, -0.15) is 4.98 Å². The molecule has 15 heteroatoms. The fourth-order valence-electron chi connectivity index (χ4n) is 8.99. The van der Waals surface area contributed by atoms with E-state index >= 15 is 0 Å². The molecule has 3 atom stereocenters. The molecule has 3 amide bonds. The number of piperidine rings is 1. The molecule has 0 spiro atoms. The molecule has 2 unspecified atom stereocenters. The van der Waals surface area contributed by atoms with Crippen molar-refractivity contribution in [3.8, 4) is 22.5 Å². The van der Waals surface area contributed by atoms with Crippen LogP contribution in [0.15, 0.2) is 77.7 Å². The van der Waals surface area contributed by atoms with Crippen LogP contribution in [0.4, 0.5) is 11.5 Å². The van der Waals surface area contributed by atoms with E-state index in [4.69, 9.17) is 9.51 Å². The molecule has 62 heavy (non-hydrogen) atoms. The van der Waals surface area contributed by atoms with Gasteiger partial charge in [-0.05, 0) is 85.7 Å². The van der Waals surface area contributed by atoms with Gasteiger partial charge in [0.05, 0.1) is 17.7 Å². The topological polar surface area (TPSA) is 178 Å².